The van der Waals surface area contributed by atoms with Crippen LogP contribution >= 0.6 is 0 Å². The van der Waals surface area contributed by atoms with Crippen molar-refractivity contribution in [2.24, 2.45) is 0 Å². The lowest BCUT2D eigenvalue weighted by Crippen LogP contribution is -2.11. The first-order valence-electron chi connectivity index (χ1n) is 18.5. The van der Waals surface area contributed by atoms with Crippen LogP contribution in [0.15, 0.2) is 205 Å². The first-order valence-corrected chi connectivity index (χ1v) is 18.5. The highest BCUT2D eigenvalue weighted by atomic mass is 16.3. The van der Waals surface area contributed by atoms with E-state index in [1.165, 1.54) is 54.2 Å². The number of benzene rings is 10. The number of anilines is 3. The third kappa shape index (κ3) is 4.81. The maximum absolute atomic E-state index is 6.83. The number of nitrogens with zero attached hydrogens (tertiary/aromatic N) is 1. The van der Waals surface area contributed by atoms with Gasteiger partial charge < -0.3 is 9.32 Å². The van der Waals surface area contributed by atoms with Crippen LogP contribution in [0.4, 0.5) is 17.1 Å². The molecule has 1 heterocycles. The van der Waals surface area contributed by atoms with E-state index in [1.807, 2.05) is 0 Å². The highest BCUT2D eigenvalue weighted by Crippen LogP contribution is 2.46. The number of hydrogen-bond donors (Lipinski definition) is 0. The number of fused-ring (bicyclic) bond motifs is 9. The third-order valence-corrected chi connectivity index (χ3v) is 11.0. The fourth-order valence-electron chi connectivity index (χ4n) is 8.49. The van der Waals surface area contributed by atoms with E-state index in [4.69, 9.17) is 4.42 Å². The first-order chi connectivity index (χ1) is 26.8. The standard InChI is InChI=1S/C52H33NO/c1-2-13-34(14-3-1)41-18-10-11-23-48(41)53(49-24-12-22-45-47-31-37-16-4-5-17-38(37)33-50(47)54-52(45)49)40-29-27-36(28-30-40)46-32-39-26-25-35-15-6-7-19-42(35)51(39)44-21-9-8-20-43(44)46/h1-33H. The topological polar surface area (TPSA) is 16.4 Å². The van der Waals surface area contributed by atoms with Crippen molar-refractivity contribution >= 4 is 82.1 Å². The molecular formula is C52H33NO. The Labute approximate surface area is 312 Å². The summed E-state index contributed by atoms with van der Waals surface area (Å²) < 4.78 is 6.83. The molecule has 0 aliphatic heterocycles. The van der Waals surface area contributed by atoms with Crippen molar-refractivity contribution in [2.45, 2.75) is 0 Å². The summed E-state index contributed by atoms with van der Waals surface area (Å²) >= 11 is 0. The molecule has 0 aliphatic carbocycles. The van der Waals surface area contributed by atoms with Gasteiger partial charge in [0, 0.05) is 22.0 Å². The Bertz CT molecular complexity index is 3210. The molecule has 1 aromatic heterocycles. The van der Waals surface area contributed by atoms with E-state index in [-0.39, 0.29) is 0 Å². The fourth-order valence-corrected chi connectivity index (χ4v) is 8.49. The molecule has 0 N–H and O–H groups in total. The minimum atomic E-state index is 0.863. The van der Waals surface area contributed by atoms with Gasteiger partial charge in [0.25, 0.3) is 0 Å². The highest BCUT2D eigenvalue weighted by Gasteiger charge is 2.22. The van der Waals surface area contributed by atoms with Gasteiger partial charge in [0.2, 0.25) is 0 Å². The maximum atomic E-state index is 6.83. The van der Waals surface area contributed by atoms with Crippen LogP contribution < -0.4 is 4.90 Å². The molecule has 0 unspecified atom stereocenters. The van der Waals surface area contributed by atoms with Crippen LogP contribution in [0.3, 0.4) is 0 Å². The van der Waals surface area contributed by atoms with E-state index in [2.05, 4.69) is 205 Å². The van der Waals surface area contributed by atoms with Crippen LogP contribution in [0.2, 0.25) is 0 Å². The fraction of sp³-hybridized carbons (Fsp3) is 0. The van der Waals surface area contributed by atoms with E-state index in [0.717, 1.165) is 50.1 Å². The summed E-state index contributed by atoms with van der Waals surface area (Å²) in [5, 5.41) is 12.2. The average Bonchev–Trinajstić information content (AvgIpc) is 3.61. The second kappa shape index (κ2) is 12.2. The van der Waals surface area contributed by atoms with Gasteiger partial charge in [-0.3, -0.25) is 0 Å². The predicted molar refractivity (Wildman–Crippen MR) is 229 cm³/mol. The van der Waals surface area contributed by atoms with E-state index in [1.54, 1.807) is 0 Å². The number of furan rings is 1. The molecule has 0 atom stereocenters. The lowest BCUT2D eigenvalue weighted by atomic mass is 9.90. The summed E-state index contributed by atoms with van der Waals surface area (Å²) in [5.41, 5.74) is 9.58. The molecule has 0 aliphatic rings. The summed E-state index contributed by atoms with van der Waals surface area (Å²) in [5.74, 6) is 0. The third-order valence-electron chi connectivity index (χ3n) is 11.0. The molecular weight excluding hydrogens is 655 g/mol. The second-order valence-corrected chi connectivity index (χ2v) is 14.1. The van der Waals surface area contributed by atoms with Gasteiger partial charge in [0.15, 0.2) is 5.58 Å². The lowest BCUT2D eigenvalue weighted by Gasteiger charge is -2.28. The van der Waals surface area contributed by atoms with Crippen molar-refractivity contribution in [3.8, 4) is 22.3 Å². The zero-order valence-electron chi connectivity index (χ0n) is 29.4. The van der Waals surface area contributed by atoms with Crippen molar-refractivity contribution in [2.75, 3.05) is 4.90 Å². The van der Waals surface area contributed by atoms with Crippen LogP contribution in [0.1, 0.15) is 0 Å². The van der Waals surface area contributed by atoms with E-state index < -0.39 is 0 Å². The van der Waals surface area contributed by atoms with Crippen molar-refractivity contribution in [3.63, 3.8) is 0 Å². The summed E-state index contributed by atoms with van der Waals surface area (Å²) in [7, 11) is 0. The summed E-state index contributed by atoms with van der Waals surface area (Å²) in [4.78, 5) is 2.36. The quantitative estimate of drug-likeness (QED) is 0.168. The molecule has 11 rings (SSSR count). The average molecular weight is 688 g/mol. The highest BCUT2D eigenvalue weighted by molar-refractivity contribution is 6.23. The Morgan fingerprint density at radius 1 is 0.333 bits per heavy atom. The predicted octanol–water partition coefficient (Wildman–Crippen LogP) is 15.0. The molecule has 0 saturated carbocycles. The van der Waals surface area contributed by atoms with Gasteiger partial charge in [0.1, 0.15) is 5.58 Å². The van der Waals surface area contributed by atoms with Crippen LogP contribution in [0.25, 0.3) is 87.3 Å². The molecule has 0 spiro atoms. The molecule has 0 radical (unpaired) electrons. The number of rotatable bonds is 5. The van der Waals surface area contributed by atoms with Crippen molar-refractivity contribution in [3.05, 3.63) is 200 Å². The van der Waals surface area contributed by atoms with Crippen molar-refractivity contribution in [1.29, 1.82) is 0 Å². The van der Waals surface area contributed by atoms with Gasteiger partial charge in [0.05, 0.1) is 11.4 Å². The monoisotopic (exact) mass is 687 g/mol. The van der Waals surface area contributed by atoms with Gasteiger partial charge in [-0.2, -0.15) is 0 Å². The Balaban J connectivity index is 1.12. The molecule has 54 heavy (non-hydrogen) atoms. The normalized spacial score (nSPS) is 11.7. The Morgan fingerprint density at radius 2 is 0.944 bits per heavy atom. The molecule has 0 amide bonds. The summed E-state index contributed by atoms with van der Waals surface area (Å²) in [6.45, 7) is 0. The maximum Gasteiger partial charge on any atom is 0.159 e. The van der Waals surface area contributed by atoms with E-state index >= 15 is 0 Å². The molecule has 252 valence electrons. The van der Waals surface area contributed by atoms with Crippen LogP contribution in [0.5, 0.6) is 0 Å². The largest absolute Gasteiger partial charge is 0.454 e. The molecule has 2 nitrogen and oxygen atoms in total. The van der Waals surface area contributed by atoms with Crippen LogP contribution in [0, 0.1) is 0 Å². The van der Waals surface area contributed by atoms with E-state index in [0.29, 0.717) is 0 Å². The SMILES string of the molecule is c1ccc(-c2ccccc2N(c2ccc(-c3cc4ccc5ccccc5c4c4ccccc34)cc2)c2cccc3c2oc2cc4ccccc4cc23)cc1. The Kier molecular flexibility index (Phi) is 6.90. The minimum absolute atomic E-state index is 0.863. The first kappa shape index (κ1) is 30.5. The van der Waals surface area contributed by atoms with Gasteiger partial charge in [-0.1, -0.05) is 158 Å². The Morgan fingerprint density at radius 3 is 1.78 bits per heavy atom. The second-order valence-electron chi connectivity index (χ2n) is 14.1. The summed E-state index contributed by atoms with van der Waals surface area (Å²) in [6, 6.07) is 72.2. The van der Waals surface area contributed by atoms with Crippen molar-refractivity contribution in [1.82, 2.24) is 0 Å². The molecule has 0 fully saturated rings. The lowest BCUT2D eigenvalue weighted by molar-refractivity contribution is 0.669. The van der Waals surface area contributed by atoms with Gasteiger partial charge in [-0.25, -0.2) is 0 Å². The zero-order valence-corrected chi connectivity index (χ0v) is 29.4. The minimum Gasteiger partial charge on any atom is -0.454 e. The van der Waals surface area contributed by atoms with Crippen LogP contribution in [-0.4, -0.2) is 0 Å². The molecule has 10 aromatic carbocycles. The number of hydrogen-bond acceptors (Lipinski definition) is 2. The van der Waals surface area contributed by atoms with Gasteiger partial charge >= 0.3 is 0 Å². The zero-order chi connectivity index (χ0) is 35.6. The van der Waals surface area contributed by atoms with Crippen molar-refractivity contribution < 1.29 is 4.42 Å². The van der Waals surface area contributed by atoms with E-state index in [9.17, 15) is 0 Å². The molecule has 0 bridgehead atoms. The summed E-state index contributed by atoms with van der Waals surface area (Å²) in [6.07, 6.45) is 0. The van der Waals surface area contributed by atoms with Gasteiger partial charge in [-0.05, 0) is 102 Å². The number of para-hydroxylation sites is 2. The molecule has 0 saturated heterocycles. The molecule has 2 heteroatoms. The smallest absolute Gasteiger partial charge is 0.159 e. The van der Waals surface area contributed by atoms with Gasteiger partial charge in [-0.15, -0.1) is 0 Å². The molecule has 11 aromatic rings. The Hall–Kier alpha value is -7.16. The van der Waals surface area contributed by atoms with Crippen LogP contribution in [-0.2, 0) is 0 Å².